The lowest BCUT2D eigenvalue weighted by atomic mass is 9.76. The van der Waals surface area contributed by atoms with E-state index in [4.69, 9.17) is 9.47 Å². The van der Waals surface area contributed by atoms with E-state index in [0.29, 0.717) is 35.7 Å². The summed E-state index contributed by atoms with van der Waals surface area (Å²) in [5, 5.41) is 22.9. The average Bonchev–Trinajstić information content (AvgIpc) is 3.40. The van der Waals surface area contributed by atoms with Gasteiger partial charge in [0, 0.05) is 59.9 Å². The number of nitro benzene ring substituents is 2. The Bertz CT molecular complexity index is 1990. The van der Waals surface area contributed by atoms with Crippen molar-refractivity contribution >= 4 is 34.9 Å². The van der Waals surface area contributed by atoms with Crippen molar-refractivity contribution in [3.8, 4) is 11.5 Å². The molecule has 0 aliphatic carbocycles. The molecule has 0 radical (unpaired) electrons. The lowest BCUT2D eigenvalue weighted by Crippen LogP contribution is -2.60. The number of unbranched alkanes of at least 4 members (excludes halogenated alkanes) is 1. The molecule has 8 rings (SSSR count). The SMILES string of the molecule is CC1(C)c2ccccc2N(CCCCN2c3ccccc3C(C)(C)C23C=Cc2cc([N+](=O)[O-])ccc2O3)C12C=Cc1cc([N+](=O)[O-])ccc1O2. The quantitative estimate of drug-likeness (QED) is 0.109. The summed E-state index contributed by atoms with van der Waals surface area (Å²) < 4.78 is 13.8. The first-order valence-electron chi connectivity index (χ1n) is 17.0. The molecule has 4 aromatic rings. The van der Waals surface area contributed by atoms with Gasteiger partial charge in [-0.15, -0.1) is 0 Å². The van der Waals surface area contributed by atoms with Crippen LogP contribution in [0, 0.1) is 20.2 Å². The van der Waals surface area contributed by atoms with Crippen molar-refractivity contribution in [1.82, 2.24) is 0 Å². The Balaban J connectivity index is 1.08. The maximum atomic E-state index is 11.5. The van der Waals surface area contributed by atoms with E-state index in [0.717, 1.165) is 24.2 Å². The van der Waals surface area contributed by atoms with Crippen molar-refractivity contribution in [2.75, 3.05) is 22.9 Å². The van der Waals surface area contributed by atoms with Gasteiger partial charge in [0.25, 0.3) is 11.4 Å². The molecule has 254 valence electrons. The van der Waals surface area contributed by atoms with Crippen molar-refractivity contribution in [3.05, 3.63) is 140 Å². The van der Waals surface area contributed by atoms with E-state index in [1.165, 1.54) is 23.3 Å². The number of benzene rings is 4. The Morgan fingerprint density at radius 3 is 1.40 bits per heavy atom. The van der Waals surface area contributed by atoms with E-state index in [-0.39, 0.29) is 21.2 Å². The Hall–Kier alpha value is -5.64. The zero-order valence-electron chi connectivity index (χ0n) is 28.5. The van der Waals surface area contributed by atoms with Crippen LogP contribution in [0.2, 0.25) is 0 Å². The van der Waals surface area contributed by atoms with Crippen LogP contribution in [0.3, 0.4) is 0 Å². The summed E-state index contributed by atoms with van der Waals surface area (Å²) in [7, 11) is 0. The lowest BCUT2D eigenvalue weighted by molar-refractivity contribution is -0.385. The largest absolute Gasteiger partial charge is 0.463 e. The summed E-state index contributed by atoms with van der Waals surface area (Å²) in [6.07, 6.45) is 9.74. The Morgan fingerprint density at radius 2 is 1.00 bits per heavy atom. The number of anilines is 2. The molecule has 0 amide bonds. The molecule has 50 heavy (non-hydrogen) atoms. The second-order valence-electron chi connectivity index (χ2n) is 14.5. The highest BCUT2D eigenvalue weighted by atomic mass is 16.6. The van der Waals surface area contributed by atoms with Gasteiger partial charge in [0.15, 0.2) is 0 Å². The van der Waals surface area contributed by atoms with Gasteiger partial charge in [0.1, 0.15) is 11.5 Å². The second kappa shape index (κ2) is 10.9. The highest BCUT2D eigenvalue weighted by molar-refractivity contribution is 5.75. The summed E-state index contributed by atoms with van der Waals surface area (Å²) >= 11 is 0. The van der Waals surface area contributed by atoms with Crippen molar-refractivity contribution in [1.29, 1.82) is 0 Å². The van der Waals surface area contributed by atoms with Crippen LogP contribution in [0.25, 0.3) is 12.2 Å². The van der Waals surface area contributed by atoms with Crippen LogP contribution in [0.15, 0.2) is 97.1 Å². The number of fused-ring (bicyclic) bond motifs is 4. The first-order valence-corrected chi connectivity index (χ1v) is 17.0. The molecule has 2 atom stereocenters. The number of nitro groups is 2. The van der Waals surface area contributed by atoms with Crippen molar-refractivity contribution < 1.29 is 19.3 Å². The molecule has 0 fully saturated rings. The number of hydrogen-bond acceptors (Lipinski definition) is 8. The minimum atomic E-state index is -0.829. The van der Waals surface area contributed by atoms with E-state index in [1.54, 1.807) is 24.3 Å². The third kappa shape index (κ3) is 4.33. The number of rotatable bonds is 7. The second-order valence-corrected chi connectivity index (χ2v) is 14.5. The number of hydrogen-bond donors (Lipinski definition) is 0. The number of non-ortho nitro benzene ring substituents is 2. The molecule has 4 aliphatic heterocycles. The van der Waals surface area contributed by atoms with Gasteiger partial charge >= 0.3 is 0 Å². The van der Waals surface area contributed by atoms with Gasteiger partial charge < -0.3 is 19.3 Å². The smallest absolute Gasteiger partial charge is 0.270 e. The van der Waals surface area contributed by atoms with Crippen LogP contribution in [-0.4, -0.2) is 34.4 Å². The average molecular weight is 671 g/mol. The summed E-state index contributed by atoms with van der Waals surface area (Å²) in [6.45, 7) is 10.2. The third-order valence-electron chi connectivity index (χ3n) is 11.3. The Kier molecular flexibility index (Phi) is 6.91. The first kappa shape index (κ1) is 31.6. The predicted molar refractivity (Wildman–Crippen MR) is 194 cm³/mol. The van der Waals surface area contributed by atoms with Gasteiger partial charge in [-0.1, -0.05) is 36.4 Å². The van der Waals surface area contributed by atoms with Crippen LogP contribution in [0.1, 0.15) is 62.8 Å². The molecule has 0 N–H and O–H groups in total. The summed E-state index contributed by atoms with van der Waals surface area (Å²) in [4.78, 5) is 26.9. The molecule has 4 aromatic carbocycles. The third-order valence-corrected chi connectivity index (χ3v) is 11.3. The molecule has 4 heterocycles. The van der Waals surface area contributed by atoms with E-state index < -0.39 is 22.3 Å². The summed E-state index contributed by atoms with van der Waals surface area (Å²) in [6, 6.07) is 26.3. The molecule has 0 bridgehead atoms. The molecular formula is C40H38N4O6. The number of para-hydroxylation sites is 2. The standard InChI is InChI=1S/C40H38N4O6/c1-37(2)31-11-5-7-13-33(31)41(39(37)21-19-27-25-29(43(45)46)15-17-35(27)49-39)23-9-10-24-42-34-14-8-6-12-32(34)38(3,4)40(42)22-20-28-26-30(44(47)48)16-18-36(28)50-40/h5-8,11-22,25-26H,9-10,23-24H2,1-4H3. The van der Waals surface area contributed by atoms with Gasteiger partial charge in [-0.3, -0.25) is 20.2 Å². The lowest BCUT2D eigenvalue weighted by Gasteiger charge is -2.48. The van der Waals surface area contributed by atoms with Crippen molar-refractivity contribution in [2.45, 2.75) is 62.8 Å². The maximum absolute atomic E-state index is 11.5. The highest BCUT2D eigenvalue weighted by Gasteiger charge is 2.60. The molecule has 0 saturated carbocycles. The topological polar surface area (TPSA) is 111 Å². The molecule has 10 nitrogen and oxygen atoms in total. The fourth-order valence-corrected chi connectivity index (χ4v) is 8.52. The predicted octanol–water partition coefficient (Wildman–Crippen LogP) is 8.78. The van der Waals surface area contributed by atoms with Gasteiger partial charge in [-0.2, -0.15) is 0 Å². The van der Waals surface area contributed by atoms with Gasteiger partial charge in [-0.05, 0) is 100 Å². The van der Waals surface area contributed by atoms with E-state index in [2.05, 4.69) is 98.2 Å². The molecule has 0 aromatic heterocycles. The van der Waals surface area contributed by atoms with Crippen molar-refractivity contribution in [2.24, 2.45) is 0 Å². The monoisotopic (exact) mass is 670 g/mol. The summed E-state index contributed by atoms with van der Waals surface area (Å²) in [5.41, 5.74) is 3.53. The molecule has 0 saturated heterocycles. The van der Waals surface area contributed by atoms with Gasteiger partial charge in [0.05, 0.1) is 20.7 Å². The van der Waals surface area contributed by atoms with Crippen LogP contribution < -0.4 is 19.3 Å². The van der Waals surface area contributed by atoms with E-state index >= 15 is 0 Å². The molecule has 10 heteroatoms. The number of ether oxygens (including phenoxy) is 2. The molecule has 4 aliphatic rings. The first-order chi connectivity index (χ1) is 23.9. The fraction of sp³-hybridized carbons (Fsp3) is 0.300. The van der Waals surface area contributed by atoms with Crippen LogP contribution in [0.5, 0.6) is 11.5 Å². The fourth-order valence-electron chi connectivity index (χ4n) is 8.52. The highest BCUT2D eigenvalue weighted by Crippen LogP contribution is 2.57. The Labute approximate surface area is 290 Å². The number of nitrogens with zero attached hydrogens (tertiary/aromatic N) is 4. The van der Waals surface area contributed by atoms with E-state index in [9.17, 15) is 20.2 Å². The molecule has 2 unspecified atom stereocenters. The Morgan fingerprint density at radius 1 is 0.600 bits per heavy atom. The zero-order chi connectivity index (χ0) is 35.1. The van der Waals surface area contributed by atoms with Gasteiger partial charge in [0.2, 0.25) is 11.4 Å². The van der Waals surface area contributed by atoms with Crippen LogP contribution >= 0.6 is 0 Å². The minimum Gasteiger partial charge on any atom is -0.463 e. The van der Waals surface area contributed by atoms with Gasteiger partial charge in [-0.25, -0.2) is 0 Å². The molecule has 2 spiro atoms. The zero-order valence-corrected chi connectivity index (χ0v) is 28.5. The van der Waals surface area contributed by atoms with Crippen LogP contribution in [0.4, 0.5) is 22.7 Å². The minimum absolute atomic E-state index is 0.0322. The normalized spacial score (nSPS) is 22.8. The molecular weight excluding hydrogens is 632 g/mol. The van der Waals surface area contributed by atoms with E-state index in [1.807, 2.05) is 12.2 Å². The maximum Gasteiger partial charge on any atom is 0.270 e. The summed E-state index contributed by atoms with van der Waals surface area (Å²) in [5.74, 6) is 1.24. The van der Waals surface area contributed by atoms with Crippen molar-refractivity contribution in [3.63, 3.8) is 0 Å². The van der Waals surface area contributed by atoms with Crippen LogP contribution in [-0.2, 0) is 10.8 Å².